The molecule has 1 heterocycles. The maximum absolute atomic E-state index is 2.53. The van der Waals surface area contributed by atoms with Crippen molar-refractivity contribution >= 4 is 11.8 Å². The molecule has 2 aromatic carbocycles. The van der Waals surface area contributed by atoms with Gasteiger partial charge in [-0.25, -0.2) is 0 Å². The minimum Gasteiger partial charge on any atom is -0.301 e. The lowest BCUT2D eigenvalue weighted by molar-refractivity contribution is 0.197. The van der Waals surface area contributed by atoms with Crippen molar-refractivity contribution in [3.8, 4) is 0 Å². The number of rotatable bonds is 6. The first-order chi connectivity index (χ1) is 11.2. The summed E-state index contributed by atoms with van der Waals surface area (Å²) >= 11 is 2.00. The van der Waals surface area contributed by atoms with Gasteiger partial charge < -0.3 is 4.90 Å². The van der Waals surface area contributed by atoms with E-state index in [1.54, 1.807) is 0 Å². The molecule has 122 valence electrons. The van der Waals surface area contributed by atoms with Gasteiger partial charge in [0, 0.05) is 30.6 Å². The first-order valence-electron chi connectivity index (χ1n) is 8.38. The molecule has 1 aliphatic heterocycles. The number of hydrogen-bond donors (Lipinski definition) is 0. The highest BCUT2D eigenvalue weighted by Crippen LogP contribution is 2.38. The molecule has 3 rings (SSSR count). The summed E-state index contributed by atoms with van der Waals surface area (Å²) < 4.78 is 0. The number of thioether (sulfide) groups is 1. The average Bonchev–Trinajstić information content (AvgIpc) is 2.60. The fraction of sp³-hybridized carbons (Fsp3) is 0.400. The van der Waals surface area contributed by atoms with Gasteiger partial charge >= 0.3 is 0 Å². The molecule has 0 amide bonds. The molecule has 0 saturated heterocycles. The minimum atomic E-state index is 0.567. The van der Waals surface area contributed by atoms with Gasteiger partial charge in [0.1, 0.15) is 0 Å². The van der Waals surface area contributed by atoms with Gasteiger partial charge in [0.15, 0.2) is 0 Å². The quantitative estimate of drug-likeness (QED) is 0.782. The molecule has 0 spiro atoms. The van der Waals surface area contributed by atoms with Gasteiger partial charge in [-0.2, -0.15) is 0 Å². The third-order valence-corrected chi connectivity index (χ3v) is 5.71. The van der Waals surface area contributed by atoms with Crippen molar-refractivity contribution in [3.05, 3.63) is 65.7 Å². The van der Waals surface area contributed by atoms with Crippen LogP contribution in [0.3, 0.4) is 0 Å². The Labute approximate surface area is 144 Å². The monoisotopic (exact) mass is 326 g/mol. The second-order valence-corrected chi connectivity index (χ2v) is 7.53. The van der Waals surface area contributed by atoms with Crippen LogP contribution in [0.25, 0.3) is 0 Å². The summed E-state index contributed by atoms with van der Waals surface area (Å²) in [6.45, 7) is 3.22. The molecule has 1 aliphatic rings. The summed E-state index contributed by atoms with van der Waals surface area (Å²) in [5.74, 6) is 1.23. The van der Waals surface area contributed by atoms with Gasteiger partial charge in [-0.1, -0.05) is 48.5 Å². The molecule has 0 bridgehead atoms. The SMILES string of the molecule is CN(CCN(C)[C@H]1CCSc2ccccc21)Cc1ccccc1. The molecule has 0 N–H and O–H groups in total. The van der Waals surface area contributed by atoms with E-state index in [0.717, 1.165) is 19.6 Å². The van der Waals surface area contributed by atoms with Crippen LogP contribution in [-0.4, -0.2) is 42.7 Å². The Morgan fingerprint density at radius 2 is 1.70 bits per heavy atom. The molecule has 1 atom stereocenters. The standard InChI is InChI=1S/C20H26N2S/c1-21(16-17-8-4-3-5-9-17)13-14-22(2)19-12-15-23-20-11-7-6-10-18(19)20/h3-11,19H,12-16H2,1-2H3/t19-/m0/s1. The van der Waals surface area contributed by atoms with E-state index >= 15 is 0 Å². The maximum atomic E-state index is 2.53. The van der Waals surface area contributed by atoms with Crippen molar-refractivity contribution < 1.29 is 0 Å². The third-order valence-electron chi connectivity index (χ3n) is 4.59. The van der Waals surface area contributed by atoms with Crippen LogP contribution in [0.1, 0.15) is 23.6 Å². The molecule has 0 saturated carbocycles. The van der Waals surface area contributed by atoms with E-state index in [9.17, 15) is 0 Å². The molecule has 3 heteroatoms. The zero-order valence-electron chi connectivity index (χ0n) is 14.1. The third kappa shape index (κ3) is 4.37. The summed E-state index contributed by atoms with van der Waals surface area (Å²) in [6.07, 6.45) is 1.25. The maximum Gasteiger partial charge on any atom is 0.0364 e. The van der Waals surface area contributed by atoms with Crippen molar-refractivity contribution in [2.75, 3.05) is 32.9 Å². The highest BCUT2D eigenvalue weighted by Gasteiger charge is 2.23. The molecule has 23 heavy (non-hydrogen) atoms. The molecule has 0 fully saturated rings. The van der Waals surface area contributed by atoms with Crippen LogP contribution >= 0.6 is 11.8 Å². The molecular weight excluding hydrogens is 300 g/mol. The van der Waals surface area contributed by atoms with Crippen molar-refractivity contribution in [1.82, 2.24) is 9.80 Å². The summed E-state index contributed by atoms with van der Waals surface area (Å²) in [4.78, 5) is 6.41. The molecule has 2 aromatic rings. The van der Waals surface area contributed by atoms with E-state index in [0.29, 0.717) is 6.04 Å². The first kappa shape index (κ1) is 16.6. The van der Waals surface area contributed by atoms with Crippen LogP contribution in [0, 0.1) is 0 Å². The Morgan fingerprint density at radius 1 is 0.957 bits per heavy atom. The van der Waals surface area contributed by atoms with E-state index in [2.05, 4.69) is 78.5 Å². The summed E-state index contributed by atoms with van der Waals surface area (Å²) in [7, 11) is 4.49. The van der Waals surface area contributed by atoms with Gasteiger partial charge in [-0.05, 0) is 43.5 Å². The Kier molecular flexibility index (Phi) is 5.76. The minimum absolute atomic E-state index is 0.567. The molecule has 2 nitrogen and oxygen atoms in total. The van der Waals surface area contributed by atoms with Gasteiger partial charge in [-0.15, -0.1) is 11.8 Å². The Hall–Kier alpha value is -1.29. The van der Waals surface area contributed by atoms with Crippen molar-refractivity contribution in [3.63, 3.8) is 0 Å². The molecule has 0 radical (unpaired) electrons. The zero-order valence-corrected chi connectivity index (χ0v) is 14.9. The van der Waals surface area contributed by atoms with Crippen molar-refractivity contribution in [2.45, 2.75) is 23.9 Å². The highest BCUT2D eigenvalue weighted by molar-refractivity contribution is 7.99. The molecule has 0 aliphatic carbocycles. The number of benzene rings is 2. The molecular formula is C20H26N2S. The van der Waals surface area contributed by atoms with E-state index in [-0.39, 0.29) is 0 Å². The average molecular weight is 327 g/mol. The smallest absolute Gasteiger partial charge is 0.0364 e. The second kappa shape index (κ2) is 8.00. The molecule has 0 unspecified atom stereocenters. The van der Waals surface area contributed by atoms with Gasteiger partial charge in [-0.3, -0.25) is 4.90 Å². The second-order valence-electron chi connectivity index (χ2n) is 6.39. The van der Waals surface area contributed by atoms with Gasteiger partial charge in [0.25, 0.3) is 0 Å². The summed E-state index contributed by atoms with van der Waals surface area (Å²) in [5, 5.41) is 0. The molecule has 0 aromatic heterocycles. The van der Waals surface area contributed by atoms with Crippen molar-refractivity contribution in [1.29, 1.82) is 0 Å². The lowest BCUT2D eigenvalue weighted by Crippen LogP contribution is -2.34. The summed E-state index contributed by atoms with van der Waals surface area (Å²) in [5.41, 5.74) is 2.90. The van der Waals surface area contributed by atoms with E-state index in [4.69, 9.17) is 0 Å². The largest absolute Gasteiger partial charge is 0.301 e. The van der Waals surface area contributed by atoms with Crippen LogP contribution in [0.2, 0.25) is 0 Å². The predicted molar refractivity (Wildman–Crippen MR) is 99.9 cm³/mol. The van der Waals surface area contributed by atoms with Crippen LogP contribution < -0.4 is 0 Å². The lowest BCUT2D eigenvalue weighted by atomic mass is 10.0. The topological polar surface area (TPSA) is 6.48 Å². The Morgan fingerprint density at radius 3 is 2.52 bits per heavy atom. The van der Waals surface area contributed by atoms with Crippen molar-refractivity contribution in [2.24, 2.45) is 0 Å². The van der Waals surface area contributed by atoms with Crippen LogP contribution in [0.5, 0.6) is 0 Å². The predicted octanol–water partition coefficient (Wildman–Crippen LogP) is 4.29. The van der Waals surface area contributed by atoms with Gasteiger partial charge in [0.05, 0.1) is 0 Å². The summed E-state index contributed by atoms with van der Waals surface area (Å²) in [6, 6.07) is 20.2. The lowest BCUT2D eigenvalue weighted by Gasteiger charge is -2.34. The zero-order chi connectivity index (χ0) is 16.1. The number of likely N-dealkylation sites (N-methyl/N-ethyl adjacent to an activating group) is 2. The number of fused-ring (bicyclic) bond motifs is 1. The van der Waals surface area contributed by atoms with E-state index in [1.807, 2.05) is 11.8 Å². The van der Waals surface area contributed by atoms with Gasteiger partial charge in [0.2, 0.25) is 0 Å². The first-order valence-corrected chi connectivity index (χ1v) is 9.37. The van der Waals surface area contributed by atoms with Crippen LogP contribution in [0.15, 0.2) is 59.5 Å². The van der Waals surface area contributed by atoms with E-state index in [1.165, 1.54) is 28.2 Å². The van der Waals surface area contributed by atoms with E-state index < -0.39 is 0 Å². The Bertz CT molecular complexity index is 614. The number of hydrogen-bond acceptors (Lipinski definition) is 3. The van der Waals surface area contributed by atoms with Crippen LogP contribution in [-0.2, 0) is 6.54 Å². The fourth-order valence-corrected chi connectivity index (χ4v) is 4.35. The highest BCUT2D eigenvalue weighted by atomic mass is 32.2. The fourth-order valence-electron chi connectivity index (χ4n) is 3.24. The Balaban J connectivity index is 1.55. The number of nitrogens with zero attached hydrogens (tertiary/aromatic N) is 2. The normalized spacial score (nSPS) is 17.5. The van der Waals surface area contributed by atoms with Crippen LogP contribution in [0.4, 0.5) is 0 Å².